The highest BCUT2D eigenvalue weighted by Gasteiger charge is 2.33. The highest BCUT2D eigenvalue weighted by atomic mass is 127. The summed E-state index contributed by atoms with van der Waals surface area (Å²) in [5, 5.41) is 0.349. The van der Waals surface area contributed by atoms with Gasteiger partial charge in [-0.2, -0.15) is 0 Å². The minimum absolute atomic E-state index is 0. The van der Waals surface area contributed by atoms with Crippen molar-refractivity contribution in [3.05, 3.63) is 0 Å². The van der Waals surface area contributed by atoms with Gasteiger partial charge in [0.1, 0.15) is 8.07 Å². The van der Waals surface area contributed by atoms with E-state index in [0.29, 0.717) is 5.04 Å². The Labute approximate surface area is 82.8 Å². The van der Waals surface area contributed by atoms with E-state index in [1.54, 1.807) is 0 Å². The Balaban J connectivity index is 0. The Morgan fingerprint density at radius 1 is 1.20 bits per heavy atom. The fourth-order valence-electron chi connectivity index (χ4n) is 0.217. The molecule has 0 spiro atoms. The molecule has 0 heterocycles. The Morgan fingerprint density at radius 2 is 1.50 bits per heavy atom. The minimum Gasteiger partial charge on any atom is -0.135 e. The minimum atomic E-state index is -1.35. The maximum atomic E-state index is 5.40. The highest BCUT2D eigenvalue weighted by molar-refractivity contribution is 14.0. The van der Waals surface area contributed by atoms with Gasteiger partial charge in [0.2, 0.25) is 0 Å². The predicted octanol–water partition coefficient (Wildman–Crippen LogP) is 3.29. The predicted molar refractivity (Wildman–Crippen MR) is 61.4 cm³/mol. The van der Waals surface area contributed by atoms with Gasteiger partial charge in [0.15, 0.2) is 0 Å². The summed E-state index contributed by atoms with van der Waals surface area (Å²) in [7, 11) is -1.35. The second-order valence-corrected chi connectivity index (χ2v) is 9.06. The van der Waals surface area contributed by atoms with E-state index in [9.17, 15) is 0 Å². The molecule has 0 aliphatic rings. The zero-order chi connectivity index (χ0) is 7.71. The van der Waals surface area contributed by atoms with Crippen molar-refractivity contribution in [2.45, 2.75) is 38.9 Å². The zero-order valence-corrected chi connectivity index (χ0v) is 10.8. The number of hydrogen-bond acceptors (Lipinski definition) is 0. The Kier molecular flexibility index (Phi) is 4.95. The van der Waals surface area contributed by atoms with Crippen LogP contribution in [0.5, 0.6) is 0 Å². The third-order valence-corrected chi connectivity index (χ3v) is 6.71. The fraction of sp³-hybridized carbons (Fsp3) is 0.750. The molecule has 10 heavy (non-hydrogen) atoms. The van der Waals surface area contributed by atoms with Crippen LogP contribution in [0.25, 0.3) is 0 Å². The average Bonchev–Trinajstić information content (AvgIpc) is 1.64. The van der Waals surface area contributed by atoms with E-state index in [1.165, 1.54) is 0 Å². The van der Waals surface area contributed by atoms with Gasteiger partial charge in [-0.25, -0.2) is 0 Å². The summed E-state index contributed by atoms with van der Waals surface area (Å²) in [4.78, 5) is 0. The fourth-order valence-corrected chi connectivity index (χ4v) is 0.650. The van der Waals surface area contributed by atoms with Crippen LogP contribution >= 0.6 is 24.0 Å². The van der Waals surface area contributed by atoms with E-state index in [1.807, 2.05) is 0 Å². The molecule has 0 bridgehead atoms. The monoisotopic (exact) mass is 268 g/mol. The second kappa shape index (κ2) is 3.77. The van der Waals surface area contributed by atoms with Gasteiger partial charge in [-0.05, 0) is 5.04 Å². The van der Waals surface area contributed by atoms with Crippen molar-refractivity contribution in [2.75, 3.05) is 0 Å². The number of hydrogen-bond donors (Lipinski definition) is 0. The summed E-state index contributed by atoms with van der Waals surface area (Å²) in [5.41, 5.74) is 2.92. The van der Waals surface area contributed by atoms with Crippen LogP contribution in [0.2, 0.25) is 18.1 Å². The molecule has 0 saturated carbocycles. The van der Waals surface area contributed by atoms with Crippen LogP contribution in [0.4, 0.5) is 0 Å². The van der Waals surface area contributed by atoms with Crippen molar-refractivity contribution in [3.8, 4) is 12.0 Å². The first-order chi connectivity index (χ1) is 3.81. The number of rotatable bonds is 0. The Morgan fingerprint density at radius 3 is 1.50 bits per heavy atom. The molecule has 0 unspecified atom stereocenters. The smallest absolute Gasteiger partial charge is 0.135 e. The molecule has 0 rings (SSSR count). The zero-order valence-electron chi connectivity index (χ0n) is 7.49. The van der Waals surface area contributed by atoms with Crippen LogP contribution in [0.1, 0.15) is 20.8 Å². The molecular formula is C8H17ISi. The lowest BCUT2D eigenvalue weighted by molar-refractivity contribution is 0.731. The molecule has 2 heteroatoms. The topological polar surface area (TPSA) is 0 Å². The van der Waals surface area contributed by atoms with Crippen LogP contribution in [0.15, 0.2) is 0 Å². The van der Waals surface area contributed by atoms with Gasteiger partial charge in [-0.1, -0.05) is 33.9 Å². The summed E-state index contributed by atoms with van der Waals surface area (Å²) in [6, 6.07) is 0. The van der Waals surface area contributed by atoms with E-state index >= 15 is 0 Å². The summed E-state index contributed by atoms with van der Waals surface area (Å²) in [6.07, 6.45) is 5.40. The maximum absolute atomic E-state index is 5.40. The third kappa shape index (κ3) is 3.06. The van der Waals surface area contributed by atoms with Crippen molar-refractivity contribution in [2.24, 2.45) is 0 Å². The SMILES string of the molecule is C#C[Si](C)(C)C(C)(C)C.I. The van der Waals surface area contributed by atoms with E-state index < -0.39 is 8.07 Å². The quantitative estimate of drug-likeness (QED) is 0.359. The number of terminal acetylenes is 1. The molecule has 0 saturated heterocycles. The van der Waals surface area contributed by atoms with Gasteiger partial charge < -0.3 is 0 Å². The van der Waals surface area contributed by atoms with E-state index in [4.69, 9.17) is 6.42 Å². The normalized spacial score (nSPS) is 11.6. The molecule has 0 atom stereocenters. The van der Waals surface area contributed by atoms with Gasteiger partial charge >= 0.3 is 0 Å². The lowest BCUT2D eigenvalue weighted by Crippen LogP contribution is -2.35. The molecule has 0 amide bonds. The molecule has 0 aliphatic heterocycles. The molecule has 0 N–H and O–H groups in total. The van der Waals surface area contributed by atoms with Crippen molar-refractivity contribution in [3.63, 3.8) is 0 Å². The first-order valence-electron chi connectivity index (χ1n) is 3.29. The van der Waals surface area contributed by atoms with Crippen LogP contribution in [0, 0.1) is 12.0 Å². The Hall–Kier alpha value is 0.507. The Bertz CT molecular complexity index is 136. The van der Waals surface area contributed by atoms with Gasteiger partial charge in [0, 0.05) is 0 Å². The molecule has 0 fully saturated rings. The van der Waals surface area contributed by atoms with Gasteiger partial charge in [0.25, 0.3) is 0 Å². The van der Waals surface area contributed by atoms with Crippen LogP contribution < -0.4 is 0 Å². The van der Waals surface area contributed by atoms with E-state index in [-0.39, 0.29) is 24.0 Å². The first-order valence-corrected chi connectivity index (χ1v) is 6.29. The lowest BCUT2D eigenvalue weighted by Gasteiger charge is -2.31. The second-order valence-electron chi connectivity index (χ2n) is 4.02. The van der Waals surface area contributed by atoms with Gasteiger partial charge in [-0.3, -0.25) is 0 Å². The van der Waals surface area contributed by atoms with E-state index in [0.717, 1.165) is 0 Å². The molecule has 0 nitrogen and oxygen atoms in total. The standard InChI is InChI=1S/C8H16Si.HI/c1-7-9(5,6)8(2,3)4;/h1H,2-6H3;1H. The lowest BCUT2D eigenvalue weighted by atomic mass is 10.2. The van der Waals surface area contributed by atoms with Crippen molar-refractivity contribution >= 4 is 32.1 Å². The first kappa shape index (κ1) is 13.1. The molecule has 0 aromatic heterocycles. The molecule has 0 aliphatic carbocycles. The van der Waals surface area contributed by atoms with Gasteiger partial charge in [-0.15, -0.1) is 35.9 Å². The average molecular weight is 268 g/mol. The van der Waals surface area contributed by atoms with Crippen molar-refractivity contribution in [1.29, 1.82) is 0 Å². The summed E-state index contributed by atoms with van der Waals surface area (Å²) in [5.74, 6) is 0. The molecular weight excluding hydrogens is 251 g/mol. The van der Waals surface area contributed by atoms with Crippen molar-refractivity contribution < 1.29 is 0 Å². The maximum Gasteiger partial charge on any atom is 0.137 e. The van der Waals surface area contributed by atoms with Crippen LogP contribution in [0.3, 0.4) is 0 Å². The molecule has 0 aromatic carbocycles. The van der Waals surface area contributed by atoms with Crippen molar-refractivity contribution in [1.82, 2.24) is 0 Å². The largest absolute Gasteiger partial charge is 0.137 e. The molecule has 0 radical (unpaired) electrons. The van der Waals surface area contributed by atoms with Gasteiger partial charge in [0.05, 0.1) is 0 Å². The third-order valence-electron chi connectivity index (χ3n) is 2.24. The highest BCUT2D eigenvalue weighted by Crippen LogP contribution is 2.34. The van der Waals surface area contributed by atoms with Crippen LogP contribution in [-0.4, -0.2) is 8.07 Å². The molecule has 0 aromatic rings. The number of halogens is 1. The van der Waals surface area contributed by atoms with Crippen LogP contribution in [-0.2, 0) is 0 Å². The summed E-state index contributed by atoms with van der Waals surface area (Å²) in [6.45, 7) is 11.1. The molecule has 60 valence electrons. The van der Waals surface area contributed by atoms with E-state index in [2.05, 4.69) is 39.4 Å². The summed E-state index contributed by atoms with van der Waals surface area (Å²) >= 11 is 0. The summed E-state index contributed by atoms with van der Waals surface area (Å²) < 4.78 is 0.